The molecule has 0 aromatic carbocycles. The van der Waals surface area contributed by atoms with E-state index in [0.717, 1.165) is 11.2 Å². The van der Waals surface area contributed by atoms with Crippen molar-refractivity contribution in [2.45, 2.75) is 13.8 Å². The molecule has 0 spiro atoms. The van der Waals surface area contributed by atoms with Crippen LogP contribution in [0.2, 0.25) is 0 Å². The summed E-state index contributed by atoms with van der Waals surface area (Å²) in [6, 6.07) is 3.97. The fourth-order valence-corrected chi connectivity index (χ4v) is 1.53. The Kier molecular flexibility index (Phi) is 2.26. The van der Waals surface area contributed by atoms with E-state index >= 15 is 0 Å². The Hall–Kier alpha value is -1.71. The number of nitrogens with zero attached hydrogens (tertiary/aromatic N) is 2. The second kappa shape index (κ2) is 3.46. The topological polar surface area (TPSA) is 52.5 Å². The molecule has 0 unspecified atom stereocenters. The summed E-state index contributed by atoms with van der Waals surface area (Å²) in [4.78, 5) is 0. The van der Waals surface area contributed by atoms with Crippen LogP contribution in [0.4, 0.5) is 5.69 Å². The van der Waals surface area contributed by atoms with E-state index in [-0.39, 0.29) is 0 Å². The standard InChI is InChI=1S/C11H14N3O/c1-4-15-11-10(12)9-6-5-7(2)8(3)14(9)13-11/h5-6H,1,4,12H2,2-3H3. The quantitative estimate of drug-likeness (QED) is 0.810. The lowest BCUT2D eigenvalue weighted by Gasteiger charge is -2.01. The average molecular weight is 204 g/mol. The van der Waals surface area contributed by atoms with Crippen molar-refractivity contribution in [1.29, 1.82) is 0 Å². The number of fused-ring (bicyclic) bond motifs is 1. The molecule has 1 radical (unpaired) electrons. The molecule has 2 rings (SSSR count). The van der Waals surface area contributed by atoms with Crippen LogP contribution in [0, 0.1) is 20.8 Å². The molecule has 0 saturated heterocycles. The molecule has 0 atom stereocenters. The van der Waals surface area contributed by atoms with Crippen LogP contribution in [0.1, 0.15) is 11.3 Å². The summed E-state index contributed by atoms with van der Waals surface area (Å²) < 4.78 is 7.05. The van der Waals surface area contributed by atoms with Gasteiger partial charge < -0.3 is 10.5 Å². The zero-order chi connectivity index (χ0) is 11.0. The fraction of sp³-hybridized carbons (Fsp3) is 0.273. The molecule has 2 aromatic rings. The summed E-state index contributed by atoms with van der Waals surface area (Å²) in [7, 11) is 0. The Bertz CT molecular complexity index is 502. The molecule has 0 aliphatic carbocycles. The van der Waals surface area contributed by atoms with Gasteiger partial charge in [-0.25, -0.2) is 4.52 Å². The van der Waals surface area contributed by atoms with Crippen LogP contribution >= 0.6 is 0 Å². The van der Waals surface area contributed by atoms with Crippen LogP contribution in [0.15, 0.2) is 12.1 Å². The largest absolute Gasteiger partial charge is 0.475 e. The van der Waals surface area contributed by atoms with Crippen molar-refractivity contribution in [3.8, 4) is 5.88 Å². The molecule has 15 heavy (non-hydrogen) atoms. The van der Waals surface area contributed by atoms with E-state index in [0.29, 0.717) is 18.2 Å². The predicted octanol–water partition coefficient (Wildman–Crippen LogP) is 1.75. The zero-order valence-corrected chi connectivity index (χ0v) is 8.95. The minimum atomic E-state index is 0.326. The number of ether oxygens (including phenoxy) is 1. The minimum absolute atomic E-state index is 0.326. The van der Waals surface area contributed by atoms with Gasteiger partial charge in [0.05, 0.1) is 12.1 Å². The van der Waals surface area contributed by atoms with Crippen molar-refractivity contribution in [2.24, 2.45) is 0 Å². The van der Waals surface area contributed by atoms with Gasteiger partial charge in [-0.15, -0.1) is 5.10 Å². The molecular formula is C11H14N3O. The Labute approximate surface area is 88.7 Å². The van der Waals surface area contributed by atoms with E-state index < -0.39 is 0 Å². The van der Waals surface area contributed by atoms with Gasteiger partial charge in [-0.1, -0.05) is 6.07 Å². The van der Waals surface area contributed by atoms with Gasteiger partial charge in [0, 0.05) is 5.69 Å². The summed E-state index contributed by atoms with van der Waals surface area (Å²) in [5, 5.41) is 4.29. The average Bonchev–Trinajstić information content (AvgIpc) is 2.52. The Morgan fingerprint density at radius 2 is 2.20 bits per heavy atom. The van der Waals surface area contributed by atoms with Crippen molar-refractivity contribution in [3.05, 3.63) is 30.3 Å². The molecule has 0 saturated carbocycles. The van der Waals surface area contributed by atoms with Gasteiger partial charge in [-0.05, 0) is 32.4 Å². The van der Waals surface area contributed by atoms with E-state index in [1.54, 1.807) is 4.52 Å². The molecule has 0 amide bonds. The van der Waals surface area contributed by atoms with Crippen LogP contribution in [0.25, 0.3) is 5.52 Å². The third-order valence-corrected chi connectivity index (χ3v) is 2.54. The number of hydrogen-bond acceptors (Lipinski definition) is 3. The number of nitrogens with two attached hydrogens (primary N) is 1. The highest BCUT2D eigenvalue weighted by atomic mass is 16.5. The second-order valence-electron chi connectivity index (χ2n) is 3.47. The molecule has 0 aliphatic rings. The lowest BCUT2D eigenvalue weighted by atomic mass is 10.2. The molecule has 0 aliphatic heterocycles. The first-order chi connectivity index (χ1) is 7.15. The predicted molar refractivity (Wildman–Crippen MR) is 59.9 cm³/mol. The molecule has 2 N–H and O–H groups in total. The van der Waals surface area contributed by atoms with E-state index in [1.807, 2.05) is 26.0 Å². The number of rotatable bonds is 2. The van der Waals surface area contributed by atoms with Crippen molar-refractivity contribution >= 4 is 11.2 Å². The maximum absolute atomic E-state index is 5.91. The van der Waals surface area contributed by atoms with Crippen LogP contribution in [0.3, 0.4) is 0 Å². The molecule has 4 nitrogen and oxygen atoms in total. The van der Waals surface area contributed by atoms with E-state index in [2.05, 4.69) is 12.0 Å². The highest BCUT2D eigenvalue weighted by Crippen LogP contribution is 2.26. The van der Waals surface area contributed by atoms with Crippen LogP contribution in [0.5, 0.6) is 5.88 Å². The molecule has 2 aromatic heterocycles. The number of pyridine rings is 1. The van der Waals surface area contributed by atoms with Crippen molar-refractivity contribution < 1.29 is 4.74 Å². The summed E-state index contributed by atoms with van der Waals surface area (Å²) in [5.41, 5.74) is 9.60. The Morgan fingerprint density at radius 1 is 1.47 bits per heavy atom. The summed E-state index contributed by atoms with van der Waals surface area (Å²) >= 11 is 0. The summed E-state index contributed by atoms with van der Waals surface area (Å²) in [6.07, 6.45) is 0. The third-order valence-electron chi connectivity index (χ3n) is 2.54. The molecule has 0 bridgehead atoms. The SMILES string of the molecule is [CH2]COc1nn2c(C)c(C)ccc2c1N. The van der Waals surface area contributed by atoms with Gasteiger partial charge >= 0.3 is 0 Å². The minimum Gasteiger partial charge on any atom is -0.475 e. The molecule has 0 fully saturated rings. The van der Waals surface area contributed by atoms with Crippen molar-refractivity contribution in [3.63, 3.8) is 0 Å². The normalized spacial score (nSPS) is 10.9. The number of anilines is 1. The van der Waals surface area contributed by atoms with Gasteiger partial charge in [0.25, 0.3) is 5.88 Å². The van der Waals surface area contributed by atoms with E-state index in [1.165, 1.54) is 5.56 Å². The molecule has 79 valence electrons. The molecular weight excluding hydrogens is 190 g/mol. The highest BCUT2D eigenvalue weighted by molar-refractivity contribution is 5.75. The fourth-order valence-electron chi connectivity index (χ4n) is 1.53. The summed E-state index contributed by atoms with van der Waals surface area (Å²) in [6.45, 7) is 7.97. The maximum atomic E-state index is 5.91. The first-order valence-electron chi connectivity index (χ1n) is 4.81. The number of aryl methyl sites for hydroxylation is 2. The summed E-state index contributed by atoms with van der Waals surface area (Å²) in [5.74, 6) is 0.457. The Morgan fingerprint density at radius 3 is 2.87 bits per heavy atom. The first-order valence-corrected chi connectivity index (χ1v) is 4.81. The smallest absolute Gasteiger partial charge is 0.257 e. The second-order valence-corrected chi connectivity index (χ2v) is 3.47. The lowest BCUT2D eigenvalue weighted by Crippen LogP contribution is -1.97. The van der Waals surface area contributed by atoms with Crippen LogP contribution < -0.4 is 10.5 Å². The monoisotopic (exact) mass is 204 g/mol. The third kappa shape index (κ3) is 1.42. The van der Waals surface area contributed by atoms with Crippen LogP contribution in [-0.4, -0.2) is 16.2 Å². The van der Waals surface area contributed by atoms with E-state index in [4.69, 9.17) is 10.5 Å². The van der Waals surface area contributed by atoms with Gasteiger partial charge in [-0.2, -0.15) is 0 Å². The maximum Gasteiger partial charge on any atom is 0.257 e. The van der Waals surface area contributed by atoms with Crippen molar-refractivity contribution in [2.75, 3.05) is 12.3 Å². The number of nitrogen functional groups attached to an aromatic ring is 1. The number of hydrogen-bond donors (Lipinski definition) is 1. The van der Waals surface area contributed by atoms with Crippen molar-refractivity contribution in [1.82, 2.24) is 9.61 Å². The highest BCUT2D eigenvalue weighted by Gasteiger charge is 2.12. The first kappa shape index (κ1) is 9.83. The van der Waals surface area contributed by atoms with Crippen LogP contribution in [-0.2, 0) is 0 Å². The van der Waals surface area contributed by atoms with Gasteiger partial charge in [0.1, 0.15) is 5.69 Å². The number of aromatic nitrogens is 2. The zero-order valence-electron chi connectivity index (χ0n) is 8.95. The van der Waals surface area contributed by atoms with Gasteiger partial charge in [0.2, 0.25) is 0 Å². The van der Waals surface area contributed by atoms with Gasteiger partial charge in [0.15, 0.2) is 0 Å². The van der Waals surface area contributed by atoms with E-state index in [9.17, 15) is 0 Å². The Balaban J connectivity index is 2.70. The van der Waals surface area contributed by atoms with Gasteiger partial charge in [-0.3, -0.25) is 0 Å². The lowest BCUT2D eigenvalue weighted by molar-refractivity contribution is 0.346. The molecule has 4 heteroatoms. The molecule has 2 heterocycles.